The molecule has 0 aromatic heterocycles. The fourth-order valence-electron chi connectivity index (χ4n) is 1.57. The molecule has 0 saturated heterocycles. The van der Waals surface area contributed by atoms with Gasteiger partial charge in [0.05, 0.1) is 4.92 Å². The highest BCUT2D eigenvalue weighted by Crippen LogP contribution is 2.12. The van der Waals surface area contributed by atoms with Gasteiger partial charge in [0.2, 0.25) is 0 Å². The number of carboxylic acid groups (broad SMARTS) is 1. The van der Waals surface area contributed by atoms with Gasteiger partial charge in [0.15, 0.2) is 0 Å². The minimum Gasteiger partial charge on any atom is -0.478 e. The van der Waals surface area contributed by atoms with E-state index < -0.39 is 10.9 Å². The van der Waals surface area contributed by atoms with Gasteiger partial charge >= 0.3 is 5.97 Å². The zero-order valence-corrected chi connectivity index (χ0v) is 10.6. The summed E-state index contributed by atoms with van der Waals surface area (Å²) in [6.45, 7) is 2.65. The van der Waals surface area contributed by atoms with Gasteiger partial charge < -0.3 is 10.4 Å². The molecule has 0 fully saturated rings. The van der Waals surface area contributed by atoms with E-state index >= 15 is 0 Å². The molecule has 0 amide bonds. The molecular weight excluding hydrogens is 248 g/mol. The molecule has 6 nitrogen and oxygen atoms in total. The van der Waals surface area contributed by atoms with E-state index in [0.29, 0.717) is 25.1 Å². The third-order valence-corrected chi connectivity index (χ3v) is 2.60. The molecule has 0 aliphatic carbocycles. The maximum atomic E-state index is 10.7. The molecule has 0 bridgehead atoms. The van der Waals surface area contributed by atoms with Crippen molar-refractivity contribution in [2.24, 2.45) is 0 Å². The van der Waals surface area contributed by atoms with Crippen molar-refractivity contribution in [3.63, 3.8) is 0 Å². The van der Waals surface area contributed by atoms with Crippen LogP contribution in [-0.2, 0) is 11.3 Å². The van der Waals surface area contributed by atoms with E-state index in [4.69, 9.17) is 5.11 Å². The molecule has 19 heavy (non-hydrogen) atoms. The largest absolute Gasteiger partial charge is 0.478 e. The van der Waals surface area contributed by atoms with Crippen LogP contribution in [0, 0.1) is 10.1 Å². The van der Waals surface area contributed by atoms with Crippen LogP contribution >= 0.6 is 0 Å². The third kappa shape index (κ3) is 4.89. The summed E-state index contributed by atoms with van der Waals surface area (Å²) >= 11 is 0. The van der Waals surface area contributed by atoms with Crippen LogP contribution in [0.25, 0.3) is 0 Å². The number of hydrogen-bond donors (Lipinski definition) is 2. The van der Waals surface area contributed by atoms with Crippen molar-refractivity contribution >= 4 is 11.7 Å². The van der Waals surface area contributed by atoms with Crippen LogP contribution in [0.5, 0.6) is 0 Å². The summed E-state index contributed by atoms with van der Waals surface area (Å²) in [4.78, 5) is 20.9. The number of hydrogen-bond acceptors (Lipinski definition) is 4. The van der Waals surface area contributed by atoms with Crippen LogP contribution < -0.4 is 5.32 Å². The van der Waals surface area contributed by atoms with Gasteiger partial charge in [-0.1, -0.05) is 25.1 Å². The Labute approximate surface area is 110 Å². The topological polar surface area (TPSA) is 92.5 Å². The quantitative estimate of drug-likeness (QED) is 0.340. The molecule has 1 rings (SSSR count). The Morgan fingerprint density at radius 2 is 2.26 bits per heavy atom. The molecule has 0 spiro atoms. The first kappa shape index (κ1) is 14.8. The van der Waals surface area contributed by atoms with Crippen LogP contribution in [-0.4, -0.2) is 22.5 Å². The summed E-state index contributed by atoms with van der Waals surface area (Å²) in [7, 11) is 0. The summed E-state index contributed by atoms with van der Waals surface area (Å²) in [6, 6.07) is 6.33. The highest BCUT2D eigenvalue weighted by molar-refractivity contribution is 5.86. The van der Waals surface area contributed by atoms with Crippen LogP contribution in [0.1, 0.15) is 18.9 Å². The lowest BCUT2D eigenvalue weighted by molar-refractivity contribution is -0.384. The first-order valence-electron chi connectivity index (χ1n) is 5.91. The van der Waals surface area contributed by atoms with Gasteiger partial charge in [-0.3, -0.25) is 10.1 Å². The van der Waals surface area contributed by atoms with Crippen molar-refractivity contribution in [3.8, 4) is 0 Å². The highest BCUT2D eigenvalue weighted by atomic mass is 16.6. The Hall–Kier alpha value is -2.21. The van der Waals surface area contributed by atoms with Gasteiger partial charge in [-0.25, -0.2) is 4.79 Å². The standard InChI is InChI=1S/C13H16N2O4/c1-2-11(13(16)17)6-7-14-9-10-4-3-5-12(8-10)15(18)19/h3-6,8,14H,2,7,9H2,1H3,(H,16,17)/b11-6-. The van der Waals surface area contributed by atoms with E-state index in [1.807, 2.05) is 0 Å². The molecule has 0 heterocycles. The molecule has 0 aliphatic rings. The molecule has 0 unspecified atom stereocenters. The molecule has 0 atom stereocenters. The van der Waals surface area contributed by atoms with Gasteiger partial charge in [-0.15, -0.1) is 0 Å². The molecule has 0 aliphatic heterocycles. The lowest BCUT2D eigenvalue weighted by Gasteiger charge is -2.03. The summed E-state index contributed by atoms with van der Waals surface area (Å²) in [5.41, 5.74) is 1.19. The second-order valence-corrected chi connectivity index (χ2v) is 3.95. The van der Waals surface area contributed by atoms with Crippen LogP contribution in [0.4, 0.5) is 5.69 Å². The Bertz CT molecular complexity index is 497. The maximum Gasteiger partial charge on any atom is 0.331 e. The molecule has 0 saturated carbocycles. The van der Waals surface area contributed by atoms with Gasteiger partial charge in [0, 0.05) is 30.8 Å². The van der Waals surface area contributed by atoms with Crippen molar-refractivity contribution < 1.29 is 14.8 Å². The number of nitro groups is 1. The second-order valence-electron chi connectivity index (χ2n) is 3.95. The van der Waals surface area contributed by atoms with Crippen LogP contribution in [0.2, 0.25) is 0 Å². The lowest BCUT2D eigenvalue weighted by Crippen LogP contribution is -2.14. The van der Waals surface area contributed by atoms with E-state index in [1.165, 1.54) is 12.1 Å². The number of nitrogens with zero attached hydrogens (tertiary/aromatic N) is 1. The number of nitrogens with one attached hydrogen (secondary N) is 1. The van der Waals surface area contributed by atoms with Crippen LogP contribution in [0.3, 0.4) is 0 Å². The number of non-ortho nitro benzene ring substituents is 1. The fourth-order valence-corrected chi connectivity index (χ4v) is 1.57. The zero-order chi connectivity index (χ0) is 14.3. The number of carbonyl (C=O) groups is 1. The Morgan fingerprint density at radius 1 is 1.53 bits per heavy atom. The Morgan fingerprint density at radius 3 is 2.84 bits per heavy atom. The second kappa shape index (κ2) is 7.27. The van der Waals surface area contributed by atoms with E-state index in [0.717, 1.165) is 5.56 Å². The Balaban J connectivity index is 2.52. The average molecular weight is 264 g/mol. The number of benzene rings is 1. The SMILES string of the molecule is CC/C(=C/CNCc1cccc([N+](=O)[O-])c1)C(=O)O. The molecule has 2 N–H and O–H groups in total. The number of nitro benzene ring substituents is 1. The van der Waals surface area contributed by atoms with E-state index in [1.54, 1.807) is 25.1 Å². The van der Waals surface area contributed by atoms with Crippen molar-refractivity contribution in [2.75, 3.05) is 6.54 Å². The zero-order valence-electron chi connectivity index (χ0n) is 10.6. The maximum absolute atomic E-state index is 10.7. The minimum atomic E-state index is -0.917. The monoisotopic (exact) mass is 264 g/mol. The van der Waals surface area contributed by atoms with Crippen molar-refractivity contribution in [2.45, 2.75) is 19.9 Å². The number of carboxylic acids is 1. The van der Waals surface area contributed by atoms with E-state index in [-0.39, 0.29) is 5.69 Å². The number of rotatable bonds is 7. The molecule has 0 radical (unpaired) electrons. The van der Waals surface area contributed by atoms with Gasteiger partial charge in [-0.2, -0.15) is 0 Å². The minimum absolute atomic E-state index is 0.0506. The first-order chi connectivity index (χ1) is 9.04. The van der Waals surface area contributed by atoms with Crippen molar-refractivity contribution in [1.82, 2.24) is 5.32 Å². The molecular formula is C13H16N2O4. The summed E-state index contributed by atoms with van der Waals surface area (Å²) in [6.07, 6.45) is 2.08. The fraction of sp³-hybridized carbons (Fsp3) is 0.308. The van der Waals surface area contributed by atoms with Gasteiger partial charge in [0.1, 0.15) is 0 Å². The molecule has 6 heteroatoms. The number of aliphatic carboxylic acids is 1. The van der Waals surface area contributed by atoms with Gasteiger partial charge in [-0.05, 0) is 12.0 Å². The predicted octanol–water partition coefficient (Wildman–Crippen LogP) is 2.11. The third-order valence-electron chi connectivity index (χ3n) is 2.60. The van der Waals surface area contributed by atoms with Crippen LogP contribution in [0.15, 0.2) is 35.9 Å². The average Bonchev–Trinajstić information content (AvgIpc) is 2.38. The first-order valence-corrected chi connectivity index (χ1v) is 5.91. The molecule has 102 valence electrons. The lowest BCUT2D eigenvalue weighted by atomic mass is 10.2. The predicted molar refractivity (Wildman–Crippen MR) is 70.8 cm³/mol. The van der Waals surface area contributed by atoms with Crippen molar-refractivity contribution in [3.05, 3.63) is 51.6 Å². The Kier molecular flexibility index (Phi) is 5.69. The van der Waals surface area contributed by atoms with Gasteiger partial charge in [0.25, 0.3) is 5.69 Å². The summed E-state index contributed by atoms with van der Waals surface area (Å²) < 4.78 is 0. The smallest absolute Gasteiger partial charge is 0.331 e. The van der Waals surface area contributed by atoms with E-state index in [9.17, 15) is 14.9 Å². The normalized spacial score (nSPS) is 11.3. The van der Waals surface area contributed by atoms with Crippen molar-refractivity contribution in [1.29, 1.82) is 0 Å². The molecule has 1 aromatic rings. The molecule has 1 aromatic carbocycles. The van der Waals surface area contributed by atoms with E-state index in [2.05, 4.69) is 5.32 Å². The highest BCUT2D eigenvalue weighted by Gasteiger charge is 2.05. The summed E-state index contributed by atoms with van der Waals surface area (Å²) in [5, 5.41) is 22.4. The summed E-state index contributed by atoms with van der Waals surface area (Å²) in [5.74, 6) is -0.917.